The van der Waals surface area contributed by atoms with Crippen molar-refractivity contribution in [1.82, 2.24) is 5.43 Å². The highest BCUT2D eigenvalue weighted by atomic mass is 16.6. The SMILES string of the molecule is N[N+]1(CC(=O)N/N=C/c2ccc([N+](=O)[O-])o2)CCOCC1. The van der Waals surface area contributed by atoms with Crippen LogP contribution < -0.4 is 11.3 Å². The summed E-state index contributed by atoms with van der Waals surface area (Å²) in [7, 11) is 0. The topological polar surface area (TPSA) is 133 Å². The lowest BCUT2D eigenvalue weighted by molar-refractivity contribution is -0.939. The summed E-state index contributed by atoms with van der Waals surface area (Å²) >= 11 is 0. The fourth-order valence-electron chi connectivity index (χ4n) is 1.86. The molecule has 114 valence electrons. The average molecular weight is 298 g/mol. The van der Waals surface area contributed by atoms with Gasteiger partial charge in [-0.2, -0.15) is 10.9 Å². The van der Waals surface area contributed by atoms with E-state index in [-0.39, 0.29) is 28.7 Å². The van der Waals surface area contributed by atoms with Crippen LogP contribution in [-0.2, 0) is 9.53 Å². The van der Waals surface area contributed by atoms with E-state index in [1.807, 2.05) is 0 Å². The Labute approximate surface area is 119 Å². The van der Waals surface area contributed by atoms with Crippen molar-refractivity contribution in [2.75, 3.05) is 32.8 Å². The maximum Gasteiger partial charge on any atom is 0.433 e. The first kappa shape index (κ1) is 15.1. The maximum atomic E-state index is 11.7. The van der Waals surface area contributed by atoms with Crippen LogP contribution in [0.4, 0.5) is 5.88 Å². The van der Waals surface area contributed by atoms with Gasteiger partial charge < -0.3 is 9.15 Å². The molecule has 1 aliphatic rings. The minimum absolute atomic E-state index is 0.0823. The van der Waals surface area contributed by atoms with E-state index in [2.05, 4.69) is 10.5 Å². The lowest BCUT2D eigenvalue weighted by Gasteiger charge is -2.34. The first-order valence-electron chi connectivity index (χ1n) is 6.27. The van der Waals surface area contributed by atoms with Crippen molar-refractivity contribution in [1.29, 1.82) is 0 Å². The van der Waals surface area contributed by atoms with Gasteiger partial charge in [0.25, 0.3) is 5.91 Å². The van der Waals surface area contributed by atoms with Crippen LogP contribution in [0.15, 0.2) is 21.7 Å². The van der Waals surface area contributed by atoms with Gasteiger partial charge in [0.15, 0.2) is 12.3 Å². The standard InChI is InChI=1S/C11H15N5O5/c12-16(3-5-20-6-4-16)8-10(17)14-13-7-9-1-2-11(21-9)15(18)19/h1-2,7H,3-6,8,12H2/p+1/b13-7+. The molecule has 1 amide bonds. The van der Waals surface area contributed by atoms with Crippen LogP contribution in [-0.4, -0.2) is 54.5 Å². The van der Waals surface area contributed by atoms with E-state index in [9.17, 15) is 14.9 Å². The molecular weight excluding hydrogens is 282 g/mol. The fourth-order valence-corrected chi connectivity index (χ4v) is 1.86. The molecule has 2 heterocycles. The van der Waals surface area contributed by atoms with Crippen molar-refractivity contribution in [3.63, 3.8) is 0 Å². The van der Waals surface area contributed by atoms with Crippen LogP contribution in [0.2, 0.25) is 0 Å². The molecule has 1 saturated heterocycles. The molecule has 0 aromatic carbocycles. The number of rotatable bonds is 5. The van der Waals surface area contributed by atoms with Crippen molar-refractivity contribution in [3.8, 4) is 0 Å². The van der Waals surface area contributed by atoms with E-state index in [0.717, 1.165) is 0 Å². The average Bonchev–Trinajstić information content (AvgIpc) is 2.88. The zero-order valence-electron chi connectivity index (χ0n) is 11.2. The van der Waals surface area contributed by atoms with E-state index in [1.165, 1.54) is 18.3 Å². The highest BCUT2D eigenvalue weighted by Crippen LogP contribution is 2.13. The van der Waals surface area contributed by atoms with Gasteiger partial charge in [-0.25, -0.2) is 10.0 Å². The number of furan rings is 1. The monoisotopic (exact) mass is 298 g/mol. The molecule has 0 aliphatic carbocycles. The van der Waals surface area contributed by atoms with Crippen LogP contribution in [0.25, 0.3) is 0 Å². The van der Waals surface area contributed by atoms with Gasteiger partial charge in [0.2, 0.25) is 0 Å². The minimum atomic E-state index is -0.656. The smallest absolute Gasteiger partial charge is 0.400 e. The van der Waals surface area contributed by atoms with E-state index < -0.39 is 4.92 Å². The predicted octanol–water partition coefficient (Wildman–Crippen LogP) is -0.641. The first-order chi connectivity index (χ1) is 9.98. The number of hydrazone groups is 1. The lowest BCUT2D eigenvalue weighted by Crippen LogP contribution is -2.63. The molecule has 2 rings (SSSR count). The van der Waals surface area contributed by atoms with Gasteiger partial charge in [-0.15, -0.1) is 0 Å². The third kappa shape index (κ3) is 4.34. The summed E-state index contributed by atoms with van der Waals surface area (Å²) in [6.45, 7) is 2.23. The van der Waals surface area contributed by atoms with Gasteiger partial charge in [-0.3, -0.25) is 14.9 Å². The Hall–Kier alpha value is -2.30. The number of nitrogens with one attached hydrogen (secondary N) is 1. The number of quaternary nitrogens is 1. The van der Waals surface area contributed by atoms with E-state index in [1.54, 1.807) is 0 Å². The quantitative estimate of drug-likeness (QED) is 0.244. The van der Waals surface area contributed by atoms with E-state index >= 15 is 0 Å². The van der Waals surface area contributed by atoms with Gasteiger partial charge in [0.1, 0.15) is 18.0 Å². The number of hydrogen-bond donors (Lipinski definition) is 2. The molecule has 10 heteroatoms. The van der Waals surface area contributed by atoms with Crippen LogP contribution in [0, 0.1) is 10.1 Å². The molecule has 0 bridgehead atoms. The summed E-state index contributed by atoms with van der Waals surface area (Å²) in [6, 6.07) is 2.59. The van der Waals surface area contributed by atoms with Crippen LogP contribution in [0.1, 0.15) is 5.76 Å². The molecule has 0 saturated carbocycles. The predicted molar refractivity (Wildman–Crippen MR) is 71.0 cm³/mol. The summed E-state index contributed by atoms with van der Waals surface area (Å²) < 4.78 is 10.1. The van der Waals surface area contributed by atoms with Crippen LogP contribution in [0.5, 0.6) is 0 Å². The van der Waals surface area contributed by atoms with Crippen molar-refractivity contribution in [2.24, 2.45) is 10.9 Å². The summed E-state index contributed by atoms with van der Waals surface area (Å²) in [5.74, 6) is 5.47. The minimum Gasteiger partial charge on any atom is -0.400 e. The number of nitrogens with two attached hydrogens (primary N) is 1. The van der Waals surface area contributed by atoms with Gasteiger partial charge in [0.05, 0.1) is 25.5 Å². The first-order valence-corrected chi connectivity index (χ1v) is 6.27. The summed E-state index contributed by atoms with van der Waals surface area (Å²) in [4.78, 5) is 21.5. The third-order valence-electron chi connectivity index (χ3n) is 2.99. The zero-order valence-corrected chi connectivity index (χ0v) is 11.2. The van der Waals surface area contributed by atoms with Gasteiger partial charge in [0, 0.05) is 0 Å². The Balaban J connectivity index is 1.82. The van der Waals surface area contributed by atoms with Gasteiger partial charge >= 0.3 is 5.88 Å². The second kappa shape index (κ2) is 6.43. The summed E-state index contributed by atoms with van der Waals surface area (Å²) in [5, 5.41) is 14.1. The van der Waals surface area contributed by atoms with Crippen LogP contribution in [0.3, 0.4) is 0 Å². The molecule has 3 N–H and O–H groups in total. The zero-order chi connectivity index (χ0) is 15.3. The molecule has 0 unspecified atom stereocenters. The molecule has 21 heavy (non-hydrogen) atoms. The number of carbonyl (C=O) groups is 1. The number of carbonyl (C=O) groups excluding carboxylic acids is 1. The number of amides is 1. The number of morpholine rings is 1. The normalized spacial score (nSPS) is 17.8. The molecule has 10 nitrogen and oxygen atoms in total. The second-order valence-corrected chi connectivity index (χ2v) is 4.66. The number of hydrogen-bond acceptors (Lipinski definition) is 7. The van der Waals surface area contributed by atoms with Crippen LogP contribution >= 0.6 is 0 Å². The van der Waals surface area contributed by atoms with E-state index in [0.29, 0.717) is 26.3 Å². The molecule has 0 spiro atoms. The third-order valence-corrected chi connectivity index (χ3v) is 2.99. The Morgan fingerprint density at radius 3 is 2.86 bits per heavy atom. The van der Waals surface area contributed by atoms with Crippen molar-refractivity contribution in [3.05, 3.63) is 28.0 Å². The van der Waals surface area contributed by atoms with Crippen molar-refractivity contribution >= 4 is 18.0 Å². The number of nitro groups is 1. The van der Waals surface area contributed by atoms with Crippen molar-refractivity contribution in [2.45, 2.75) is 0 Å². The fraction of sp³-hybridized carbons (Fsp3) is 0.455. The molecule has 0 radical (unpaired) electrons. The largest absolute Gasteiger partial charge is 0.433 e. The lowest BCUT2D eigenvalue weighted by atomic mass is 10.4. The molecule has 0 atom stereocenters. The Morgan fingerprint density at radius 2 is 2.24 bits per heavy atom. The molecule has 1 aromatic rings. The number of nitrogens with zero attached hydrogens (tertiary/aromatic N) is 3. The highest BCUT2D eigenvalue weighted by molar-refractivity contribution is 5.81. The summed E-state index contributed by atoms with van der Waals surface area (Å²) in [6.07, 6.45) is 1.19. The Morgan fingerprint density at radius 1 is 1.52 bits per heavy atom. The number of ether oxygens (including phenoxy) is 1. The Kier molecular flexibility index (Phi) is 4.62. The highest BCUT2D eigenvalue weighted by Gasteiger charge is 2.29. The Bertz CT molecular complexity index is 549. The molecule has 1 aliphatic heterocycles. The maximum absolute atomic E-state index is 11.7. The molecule has 1 fully saturated rings. The summed E-state index contributed by atoms with van der Waals surface area (Å²) in [5.41, 5.74) is 2.31. The van der Waals surface area contributed by atoms with Crippen molar-refractivity contribution < 1.29 is 23.5 Å². The molecular formula is C11H16N5O5+. The second-order valence-electron chi connectivity index (χ2n) is 4.66. The van der Waals surface area contributed by atoms with E-state index in [4.69, 9.17) is 15.0 Å². The van der Waals surface area contributed by atoms with Gasteiger partial charge in [-0.1, -0.05) is 0 Å². The van der Waals surface area contributed by atoms with Gasteiger partial charge in [-0.05, 0) is 6.07 Å². The molecule has 1 aromatic heterocycles.